The van der Waals surface area contributed by atoms with E-state index in [1.165, 1.54) is 30.0 Å². The van der Waals surface area contributed by atoms with Gasteiger partial charge in [-0.05, 0) is 36.4 Å². The van der Waals surface area contributed by atoms with Crippen LogP contribution >= 0.6 is 11.8 Å². The third-order valence-corrected chi connectivity index (χ3v) is 6.63. The standard InChI is InChI=1S/C22H16F3N3O2S2/c1-32(29,30)18-10-7-15(8-11-18)21-19(14-28(27-21)17-5-3-2-4-6-17)31-20-12-9-16(13-26-20)22(23,24)25/h2-14H,1H3. The lowest BCUT2D eigenvalue weighted by molar-refractivity contribution is -0.137. The fourth-order valence-corrected chi connectivity index (χ4v) is 4.43. The predicted molar refractivity (Wildman–Crippen MR) is 115 cm³/mol. The average molecular weight is 476 g/mol. The number of alkyl halides is 3. The number of nitrogens with zero attached hydrogens (tertiary/aromatic N) is 3. The number of halogens is 3. The van der Waals surface area contributed by atoms with Crippen molar-refractivity contribution in [3.8, 4) is 16.9 Å². The number of pyridine rings is 1. The second kappa shape index (κ2) is 8.44. The summed E-state index contributed by atoms with van der Waals surface area (Å²) in [6.07, 6.45) is -0.770. The van der Waals surface area contributed by atoms with Crippen LogP contribution in [0.15, 0.2) is 93.9 Å². The first-order valence-electron chi connectivity index (χ1n) is 9.28. The van der Waals surface area contributed by atoms with Crippen LogP contribution in [-0.2, 0) is 16.0 Å². The van der Waals surface area contributed by atoms with Crippen molar-refractivity contribution in [2.24, 2.45) is 0 Å². The van der Waals surface area contributed by atoms with Crippen molar-refractivity contribution >= 4 is 21.6 Å². The van der Waals surface area contributed by atoms with Crippen LogP contribution in [0, 0.1) is 0 Å². The lowest BCUT2D eigenvalue weighted by atomic mass is 10.2. The molecule has 0 saturated carbocycles. The van der Waals surface area contributed by atoms with Crippen LogP contribution in [0.1, 0.15) is 5.56 Å². The molecule has 0 atom stereocenters. The minimum absolute atomic E-state index is 0.183. The van der Waals surface area contributed by atoms with Gasteiger partial charge in [0.1, 0.15) is 10.7 Å². The Balaban J connectivity index is 1.74. The molecule has 4 aromatic rings. The molecule has 10 heteroatoms. The van der Waals surface area contributed by atoms with E-state index >= 15 is 0 Å². The highest BCUT2D eigenvalue weighted by Crippen LogP contribution is 2.36. The summed E-state index contributed by atoms with van der Waals surface area (Å²) < 4.78 is 63.7. The van der Waals surface area contributed by atoms with Gasteiger partial charge in [-0.15, -0.1) is 0 Å². The van der Waals surface area contributed by atoms with E-state index in [9.17, 15) is 21.6 Å². The van der Waals surface area contributed by atoms with Gasteiger partial charge in [-0.1, -0.05) is 42.1 Å². The highest BCUT2D eigenvalue weighted by atomic mass is 32.2. The number of para-hydroxylation sites is 1. The maximum atomic E-state index is 12.8. The van der Waals surface area contributed by atoms with E-state index in [2.05, 4.69) is 10.1 Å². The summed E-state index contributed by atoms with van der Waals surface area (Å²) in [5.74, 6) is 0. The molecule has 164 valence electrons. The predicted octanol–water partition coefficient (Wildman–Crippen LogP) is 5.51. The van der Waals surface area contributed by atoms with Gasteiger partial charge in [-0.2, -0.15) is 18.3 Å². The quantitative estimate of drug-likeness (QED) is 0.381. The minimum atomic E-state index is -4.46. The van der Waals surface area contributed by atoms with Crippen molar-refractivity contribution < 1.29 is 21.6 Å². The molecular weight excluding hydrogens is 459 g/mol. The lowest BCUT2D eigenvalue weighted by Gasteiger charge is -2.07. The third kappa shape index (κ3) is 4.86. The molecule has 0 aliphatic heterocycles. The maximum Gasteiger partial charge on any atom is 0.417 e. The summed E-state index contributed by atoms with van der Waals surface area (Å²) in [6.45, 7) is 0. The minimum Gasteiger partial charge on any atom is -0.249 e. The van der Waals surface area contributed by atoms with Gasteiger partial charge < -0.3 is 0 Å². The molecule has 0 bridgehead atoms. The Kier molecular flexibility index (Phi) is 5.83. The normalized spacial score (nSPS) is 12.1. The summed E-state index contributed by atoms with van der Waals surface area (Å²) in [5.41, 5.74) is 1.20. The van der Waals surface area contributed by atoms with E-state index in [1.54, 1.807) is 23.0 Å². The summed E-state index contributed by atoms with van der Waals surface area (Å²) in [4.78, 5) is 4.77. The van der Waals surface area contributed by atoms with Crippen LogP contribution in [0.4, 0.5) is 13.2 Å². The van der Waals surface area contributed by atoms with Gasteiger partial charge in [0.15, 0.2) is 9.84 Å². The van der Waals surface area contributed by atoms with E-state index in [0.717, 1.165) is 24.2 Å². The van der Waals surface area contributed by atoms with Crippen molar-refractivity contribution in [3.63, 3.8) is 0 Å². The molecule has 0 fully saturated rings. The number of sulfone groups is 1. The van der Waals surface area contributed by atoms with Gasteiger partial charge in [0.2, 0.25) is 0 Å². The molecule has 32 heavy (non-hydrogen) atoms. The number of rotatable bonds is 5. The maximum absolute atomic E-state index is 12.8. The molecule has 0 aliphatic rings. The van der Waals surface area contributed by atoms with Gasteiger partial charge in [-0.3, -0.25) is 0 Å². The zero-order valence-electron chi connectivity index (χ0n) is 16.6. The molecule has 4 rings (SSSR count). The monoisotopic (exact) mass is 475 g/mol. The lowest BCUT2D eigenvalue weighted by Crippen LogP contribution is -2.04. The fourth-order valence-electron chi connectivity index (χ4n) is 2.93. The van der Waals surface area contributed by atoms with Gasteiger partial charge in [0.25, 0.3) is 0 Å². The molecule has 0 aliphatic carbocycles. The zero-order chi connectivity index (χ0) is 22.9. The largest absolute Gasteiger partial charge is 0.417 e. The van der Waals surface area contributed by atoms with E-state index in [-0.39, 0.29) is 4.90 Å². The highest BCUT2D eigenvalue weighted by molar-refractivity contribution is 7.99. The summed E-state index contributed by atoms with van der Waals surface area (Å²) in [7, 11) is -3.35. The first-order valence-corrected chi connectivity index (χ1v) is 12.0. The summed E-state index contributed by atoms with van der Waals surface area (Å²) >= 11 is 1.17. The van der Waals surface area contributed by atoms with Crippen molar-refractivity contribution in [2.45, 2.75) is 21.0 Å². The van der Waals surface area contributed by atoms with Crippen LogP contribution in [0.25, 0.3) is 16.9 Å². The molecule has 0 unspecified atom stereocenters. The molecule has 0 radical (unpaired) electrons. The van der Waals surface area contributed by atoms with Crippen molar-refractivity contribution in [3.05, 3.63) is 84.7 Å². The van der Waals surface area contributed by atoms with E-state index in [4.69, 9.17) is 0 Å². The first-order chi connectivity index (χ1) is 15.1. The fraction of sp³-hybridized carbons (Fsp3) is 0.0909. The Morgan fingerprint density at radius 2 is 1.62 bits per heavy atom. The van der Waals surface area contributed by atoms with Crippen molar-refractivity contribution in [1.82, 2.24) is 14.8 Å². The molecule has 2 aromatic carbocycles. The molecule has 0 amide bonds. The van der Waals surface area contributed by atoms with Crippen LogP contribution in [0.3, 0.4) is 0 Å². The Labute approximate surface area is 186 Å². The Hall–Kier alpha value is -3.11. The van der Waals surface area contributed by atoms with Crippen molar-refractivity contribution in [2.75, 3.05) is 6.26 Å². The second-order valence-corrected chi connectivity index (χ2v) is 9.98. The molecule has 0 saturated heterocycles. The smallest absolute Gasteiger partial charge is 0.249 e. The Morgan fingerprint density at radius 3 is 2.19 bits per heavy atom. The number of aromatic nitrogens is 3. The summed E-state index contributed by atoms with van der Waals surface area (Å²) in [5, 5.41) is 5.01. The van der Waals surface area contributed by atoms with Gasteiger partial charge in [0.05, 0.1) is 21.0 Å². The Morgan fingerprint density at radius 1 is 0.938 bits per heavy atom. The molecule has 5 nitrogen and oxygen atoms in total. The molecular formula is C22H16F3N3O2S2. The van der Waals surface area contributed by atoms with Crippen LogP contribution in [0.5, 0.6) is 0 Å². The highest BCUT2D eigenvalue weighted by Gasteiger charge is 2.30. The van der Waals surface area contributed by atoms with Gasteiger partial charge >= 0.3 is 6.18 Å². The van der Waals surface area contributed by atoms with Crippen molar-refractivity contribution in [1.29, 1.82) is 0 Å². The van der Waals surface area contributed by atoms with Gasteiger partial charge in [-0.25, -0.2) is 18.1 Å². The number of hydrogen-bond acceptors (Lipinski definition) is 5. The molecule has 0 spiro atoms. The topological polar surface area (TPSA) is 64.8 Å². The second-order valence-electron chi connectivity index (χ2n) is 6.90. The zero-order valence-corrected chi connectivity index (χ0v) is 18.2. The molecule has 0 N–H and O–H groups in total. The third-order valence-electron chi connectivity index (χ3n) is 4.54. The van der Waals surface area contributed by atoms with Crippen LogP contribution in [-0.4, -0.2) is 29.4 Å². The van der Waals surface area contributed by atoms with Gasteiger partial charge in [0, 0.05) is 24.2 Å². The first kappa shape index (κ1) is 22.1. The van der Waals surface area contributed by atoms with Crippen LogP contribution < -0.4 is 0 Å². The van der Waals surface area contributed by atoms with Crippen LogP contribution in [0.2, 0.25) is 0 Å². The molecule has 2 aromatic heterocycles. The number of benzene rings is 2. The Bertz CT molecular complexity index is 1330. The van der Waals surface area contributed by atoms with E-state index < -0.39 is 21.6 Å². The SMILES string of the molecule is CS(=O)(=O)c1ccc(-c2nn(-c3ccccc3)cc2Sc2ccc(C(F)(F)F)cn2)cc1. The number of hydrogen-bond donors (Lipinski definition) is 0. The molecule has 2 heterocycles. The summed E-state index contributed by atoms with van der Waals surface area (Å²) in [6, 6.07) is 17.9. The van der Waals surface area contributed by atoms with E-state index in [1.807, 2.05) is 30.3 Å². The average Bonchev–Trinajstić information content (AvgIpc) is 3.17. The van der Waals surface area contributed by atoms with E-state index in [0.29, 0.717) is 21.2 Å².